The van der Waals surface area contributed by atoms with Gasteiger partial charge in [0.05, 0.1) is 24.2 Å². The zero-order valence-corrected chi connectivity index (χ0v) is 15.8. The van der Waals surface area contributed by atoms with Gasteiger partial charge in [-0.2, -0.15) is 0 Å². The third kappa shape index (κ3) is 3.25. The van der Waals surface area contributed by atoms with Crippen molar-refractivity contribution in [2.45, 2.75) is 6.92 Å². The number of carbonyl (C=O) groups excluding carboxylic acids is 1. The number of aryl methyl sites for hydroxylation is 1. The summed E-state index contributed by atoms with van der Waals surface area (Å²) >= 11 is 0. The normalized spacial score (nSPS) is 14.2. The molecule has 0 aliphatic carbocycles. The molecule has 0 atom stereocenters. The molecule has 1 aliphatic rings. The lowest BCUT2D eigenvalue weighted by molar-refractivity contribution is 0.0989. The number of hydrogen-bond acceptors (Lipinski definition) is 6. The second-order valence-corrected chi connectivity index (χ2v) is 6.55. The van der Waals surface area contributed by atoms with Gasteiger partial charge in [-0.1, -0.05) is 24.3 Å². The number of benzene rings is 1. The first-order valence-corrected chi connectivity index (χ1v) is 9.25. The van der Waals surface area contributed by atoms with Crippen LogP contribution in [-0.4, -0.2) is 48.7 Å². The second kappa shape index (κ2) is 7.82. The standard InChI is InChI=1S/C21H22N4O3/c1-3-9-25(16-7-5-4-6-8-16)21(26)17-15(2)28-20-18(17)19(22-14-23-20)24-10-12-27-13-11-24/h3-8,14H,1,9-13H2,2H3. The highest BCUT2D eigenvalue weighted by Crippen LogP contribution is 2.33. The van der Waals surface area contributed by atoms with Crippen LogP contribution in [0.3, 0.4) is 0 Å². The monoisotopic (exact) mass is 378 g/mol. The van der Waals surface area contributed by atoms with Crippen molar-refractivity contribution in [1.82, 2.24) is 9.97 Å². The molecular weight excluding hydrogens is 356 g/mol. The van der Waals surface area contributed by atoms with Crippen LogP contribution in [0.15, 0.2) is 53.7 Å². The van der Waals surface area contributed by atoms with Crippen LogP contribution in [-0.2, 0) is 4.74 Å². The summed E-state index contributed by atoms with van der Waals surface area (Å²) in [5, 5.41) is 0.650. The van der Waals surface area contributed by atoms with Crippen LogP contribution < -0.4 is 9.80 Å². The van der Waals surface area contributed by atoms with Crippen LogP contribution in [0.1, 0.15) is 16.1 Å². The number of rotatable bonds is 5. The molecule has 0 bridgehead atoms. The van der Waals surface area contributed by atoms with E-state index in [1.165, 1.54) is 6.33 Å². The van der Waals surface area contributed by atoms with Gasteiger partial charge in [0.15, 0.2) is 0 Å². The van der Waals surface area contributed by atoms with Gasteiger partial charge in [0.25, 0.3) is 5.91 Å². The molecule has 28 heavy (non-hydrogen) atoms. The lowest BCUT2D eigenvalue weighted by Gasteiger charge is -2.28. The fraction of sp³-hybridized carbons (Fsp3) is 0.286. The third-order valence-corrected chi connectivity index (χ3v) is 4.79. The number of aromatic nitrogens is 2. The molecule has 1 aromatic carbocycles. The molecule has 3 aromatic rings. The van der Waals surface area contributed by atoms with Gasteiger partial charge >= 0.3 is 0 Å². The fourth-order valence-corrected chi connectivity index (χ4v) is 3.48. The van der Waals surface area contributed by atoms with Crippen molar-refractivity contribution in [1.29, 1.82) is 0 Å². The number of fused-ring (bicyclic) bond motifs is 1. The Labute approximate surface area is 163 Å². The first-order chi connectivity index (χ1) is 13.7. The van der Waals surface area contributed by atoms with E-state index in [1.54, 1.807) is 17.9 Å². The number of furan rings is 1. The quantitative estimate of drug-likeness (QED) is 0.635. The number of amides is 1. The highest BCUT2D eigenvalue weighted by molar-refractivity contribution is 6.16. The van der Waals surface area contributed by atoms with Crippen molar-refractivity contribution < 1.29 is 13.9 Å². The minimum atomic E-state index is -0.161. The van der Waals surface area contributed by atoms with E-state index in [0.29, 0.717) is 61.1 Å². The van der Waals surface area contributed by atoms with Gasteiger partial charge in [0.2, 0.25) is 5.71 Å². The van der Waals surface area contributed by atoms with Crippen molar-refractivity contribution >= 4 is 28.5 Å². The Morgan fingerprint density at radius 2 is 2.00 bits per heavy atom. The van der Waals surface area contributed by atoms with Gasteiger partial charge in [-0.05, 0) is 19.1 Å². The Bertz CT molecular complexity index is 994. The van der Waals surface area contributed by atoms with Gasteiger partial charge in [0, 0.05) is 25.3 Å². The number of hydrogen-bond donors (Lipinski definition) is 0. The first kappa shape index (κ1) is 18.2. The molecule has 144 valence electrons. The molecule has 1 amide bonds. The van der Waals surface area contributed by atoms with E-state index in [9.17, 15) is 4.79 Å². The molecule has 0 radical (unpaired) electrons. The van der Waals surface area contributed by atoms with Gasteiger partial charge < -0.3 is 19.0 Å². The Balaban J connectivity index is 1.84. The minimum Gasteiger partial charge on any atom is -0.442 e. The number of anilines is 2. The summed E-state index contributed by atoms with van der Waals surface area (Å²) < 4.78 is 11.3. The van der Waals surface area contributed by atoms with Crippen molar-refractivity contribution in [2.75, 3.05) is 42.6 Å². The lowest BCUT2D eigenvalue weighted by atomic mass is 10.1. The topological polar surface area (TPSA) is 71.7 Å². The van der Waals surface area contributed by atoms with Crippen LogP contribution in [0.4, 0.5) is 11.5 Å². The fourth-order valence-electron chi connectivity index (χ4n) is 3.48. The number of nitrogens with zero attached hydrogens (tertiary/aromatic N) is 4. The molecule has 2 aromatic heterocycles. The average molecular weight is 378 g/mol. The molecule has 1 fully saturated rings. The molecule has 4 rings (SSSR count). The van der Waals surface area contributed by atoms with E-state index in [0.717, 1.165) is 5.69 Å². The summed E-state index contributed by atoms with van der Waals surface area (Å²) in [7, 11) is 0. The molecule has 0 N–H and O–H groups in total. The molecule has 0 saturated carbocycles. The summed E-state index contributed by atoms with van der Waals surface area (Å²) in [4.78, 5) is 26.1. The van der Waals surface area contributed by atoms with E-state index in [1.807, 2.05) is 30.3 Å². The van der Waals surface area contributed by atoms with Crippen LogP contribution >= 0.6 is 0 Å². The van der Waals surface area contributed by atoms with Crippen LogP contribution in [0, 0.1) is 6.92 Å². The lowest BCUT2D eigenvalue weighted by Crippen LogP contribution is -2.37. The minimum absolute atomic E-state index is 0.161. The Hall–Kier alpha value is -3.19. The molecule has 7 heteroatoms. The summed E-state index contributed by atoms with van der Waals surface area (Å²) in [6.45, 7) is 8.63. The van der Waals surface area contributed by atoms with E-state index in [4.69, 9.17) is 9.15 Å². The maximum Gasteiger partial charge on any atom is 0.262 e. The van der Waals surface area contributed by atoms with Gasteiger partial charge in [-0.15, -0.1) is 6.58 Å². The van der Waals surface area contributed by atoms with Crippen molar-refractivity contribution in [3.63, 3.8) is 0 Å². The highest BCUT2D eigenvalue weighted by Gasteiger charge is 2.29. The number of para-hydroxylation sites is 1. The van der Waals surface area contributed by atoms with Gasteiger partial charge in [0.1, 0.15) is 17.9 Å². The van der Waals surface area contributed by atoms with E-state index >= 15 is 0 Å². The maximum absolute atomic E-state index is 13.6. The van der Waals surface area contributed by atoms with Gasteiger partial charge in [-0.25, -0.2) is 9.97 Å². The van der Waals surface area contributed by atoms with Crippen LogP contribution in [0.2, 0.25) is 0 Å². The second-order valence-electron chi connectivity index (χ2n) is 6.55. The van der Waals surface area contributed by atoms with Crippen LogP contribution in [0.5, 0.6) is 0 Å². The van der Waals surface area contributed by atoms with Crippen molar-refractivity contribution in [3.8, 4) is 0 Å². The zero-order chi connectivity index (χ0) is 19.5. The third-order valence-electron chi connectivity index (χ3n) is 4.79. The molecule has 0 unspecified atom stereocenters. The Morgan fingerprint density at radius 1 is 1.25 bits per heavy atom. The van der Waals surface area contributed by atoms with Crippen LogP contribution in [0.25, 0.3) is 11.1 Å². The summed E-state index contributed by atoms with van der Waals surface area (Å²) in [5.41, 5.74) is 1.71. The maximum atomic E-state index is 13.6. The first-order valence-electron chi connectivity index (χ1n) is 9.25. The highest BCUT2D eigenvalue weighted by atomic mass is 16.5. The summed E-state index contributed by atoms with van der Waals surface area (Å²) in [6, 6.07) is 9.53. The molecule has 3 heterocycles. The molecule has 0 spiro atoms. The zero-order valence-electron chi connectivity index (χ0n) is 15.8. The number of morpholine rings is 1. The largest absolute Gasteiger partial charge is 0.442 e. The average Bonchev–Trinajstić information content (AvgIpc) is 3.08. The Morgan fingerprint density at radius 3 is 2.71 bits per heavy atom. The summed E-state index contributed by atoms with van der Waals surface area (Å²) in [5.74, 6) is 1.08. The predicted octanol–water partition coefficient (Wildman–Crippen LogP) is 3.20. The van der Waals surface area contributed by atoms with Crippen molar-refractivity contribution in [3.05, 3.63) is 60.6 Å². The van der Waals surface area contributed by atoms with Gasteiger partial charge in [-0.3, -0.25) is 4.79 Å². The van der Waals surface area contributed by atoms with E-state index in [2.05, 4.69) is 21.4 Å². The Kier molecular flexibility index (Phi) is 5.08. The SMILES string of the molecule is C=CCN(C(=O)c1c(C)oc2ncnc(N3CCOCC3)c12)c1ccccc1. The molecule has 1 saturated heterocycles. The molecule has 1 aliphatic heterocycles. The van der Waals surface area contributed by atoms with E-state index < -0.39 is 0 Å². The summed E-state index contributed by atoms with van der Waals surface area (Å²) in [6.07, 6.45) is 3.19. The van der Waals surface area contributed by atoms with Crippen molar-refractivity contribution in [2.24, 2.45) is 0 Å². The molecule has 7 nitrogen and oxygen atoms in total. The number of ether oxygens (including phenoxy) is 1. The smallest absolute Gasteiger partial charge is 0.262 e. The molecular formula is C21H22N4O3. The van der Waals surface area contributed by atoms with E-state index in [-0.39, 0.29) is 5.91 Å². The predicted molar refractivity (Wildman–Crippen MR) is 108 cm³/mol. The number of carbonyl (C=O) groups is 1.